The van der Waals surface area contributed by atoms with Crippen molar-refractivity contribution in [3.63, 3.8) is 0 Å². The van der Waals surface area contributed by atoms with E-state index in [0.717, 1.165) is 24.1 Å². The second kappa shape index (κ2) is 8.26. The summed E-state index contributed by atoms with van der Waals surface area (Å²) in [5.41, 5.74) is 2.07. The average molecular weight is 319 g/mol. The monoisotopic (exact) mass is 319 g/mol. The highest BCUT2D eigenvalue weighted by atomic mass is 19.1. The van der Waals surface area contributed by atoms with E-state index in [0.29, 0.717) is 30.8 Å². The molecule has 0 atom stereocenters. The van der Waals surface area contributed by atoms with Crippen LogP contribution in [0.2, 0.25) is 0 Å². The fraction of sp³-hybridized carbons (Fsp3) is 0.438. The van der Waals surface area contributed by atoms with Gasteiger partial charge < -0.3 is 15.2 Å². The molecular formula is C16H22FN5O. The Bertz CT molecular complexity index is 668. The number of hydrogen-bond donors (Lipinski definition) is 2. The second-order valence-corrected chi connectivity index (χ2v) is 5.17. The lowest BCUT2D eigenvalue weighted by Crippen LogP contribution is -2.38. The quantitative estimate of drug-likeness (QED) is 0.630. The van der Waals surface area contributed by atoms with Crippen LogP contribution in [0.1, 0.15) is 29.8 Å². The molecule has 7 heteroatoms. The zero-order chi connectivity index (χ0) is 16.7. The summed E-state index contributed by atoms with van der Waals surface area (Å²) in [7, 11) is 0. The minimum absolute atomic E-state index is 0.204. The van der Waals surface area contributed by atoms with E-state index in [-0.39, 0.29) is 5.82 Å². The molecular weight excluding hydrogens is 297 g/mol. The smallest absolute Gasteiger partial charge is 0.223 e. The molecule has 1 aromatic carbocycles. The molecule has 0 spiro atoms. The molecule has 1 aromatic heterocycles. The molecule has 0 aliphatic heterocycles. The maximum Gasteiger partial charge on any atom is 0.223 e. The van der Waals surface area contributed by atoms with Crippen LogP contribution in [-0.4, -0.2) is 29.2 Å². The first kappa shape index (κ1) is 16.9. The Morgan fingerprint density at radius 1 is 1.30 bits per heavy atom. The molecule has 0 saturated carbocycles. The molecule has 0 aliphatic rings. The van der Waals surface area contributed by atoms with Gasteiger partial charge in [0.15, 0.2) is 11.8 Å². The zero-order valence-electron chi connectivity index (χ0n) is 13.7. The molecule has 6 nitrogen and oxygen atoms in total. The molecule has 0 fully saturated rings. The third-order valence-corrected chi connectivity index (χ3v) is 3.28. The number of aryl methyl sites for hydroxylation is 2. The van der Waals surface area contributed by atoms with E-state index in [1.54, 1.807) is 13.0 Å². The molecule has 0 amide bonds. The van der Waals surface area contributed by atoms with Crippen LogP contribution < -0.4 is 10.6 Å². The number of hydrogen-bond acceptors (Lipinski definition) is 4. The zero-order valence-corrected chi connectivity index (χ0v) is 13.7. The van der Waals surface area contributed by atoms with Gasteiger partial charge in [0.25, 0.3) is 0 Å². The van der Waals surface area contributed by atoms with Crippen molar-refractivity contribution in [2.75, 3.05) is 13.1 Å². The van der Waals surface area contributed by atoms with Gasteiger partial charge in [-0.05, 0) is 43.5 Å². The van der Waals surface area contributed by atoms with E-state index >= 15 is 0 Å². The van der Waals surface area contributed by atoms with Gasteiger partial charge in [0.05, 0.1) is 0 Å². The van der Waals surface area contributed by atoms with Gasteiger partial charge in [-0.15, -0.1) is 0 Å². The van der Waals surface area contributed by atoms with E-state index in [1.165, 1.54) is 6.07 Å². The van der Waals surface area contributed by atoms with Crippen LogP contribution in [0.5, 0.6) is 0 Å². The number of aromatic nitrogens is 2. The first-order chi connectivity index (χ1) is 11.1. The van der Waals surface area contributed by atoms with Crippen molar-refractivity contribution in [2.24, 2.45) is 4.99 Å². The molecule has 0 radical (unpaired) electrons. The SMILES string of the molecule is CCNC(=NCc1noc(C)n1)NCCc1ccc(F)cc1C. The third-order valence-electron chi connectivity index (χ3n) is 3.28. The number of aliphatic imine (C=N–C) groups is 1. The molecule has 2 aromatic rings. The summed E-state index contributed by atoms with van der Waals surface area (Å²) in [5, 5.41) is 10.2. The van der Waals surface area contributed by atoms with E-state index in [1.807, 2.05) is 19.9 Å². The second-order valence-electron chi connectivity index (χ2n) is 5.17. The van der Waals surface area contributed by atoms with Gasteiger partial charge in [-0.3, -0.25) is 0 Å². The van der Waals surface area contributed by atoms with Crippen LogP contribution in [0, 0.1) is 19.7 Å². The van der Waals surface area contributed by atoms with Gasteiger partial charge in [-0.2, -0.15) is 4.98 Å². The molecule has 23 heavy (non-hydrogen) atoms. The number of rotatable bonds is 6. The lowest BCUT2D eigenvalue weighted by molar-refractivity contribution is 0.387. The molecule has 0 saturated heterocycles. The molecule has 124 valence electrons. The predicted octanol–water partition coefficient (Wildman–Crippen LogP) is 2.12. The highest BCUT2D eigenvalue weighted by Crippen LogP contribution is 2.10. The lowest BCUT2D eigenvalue weighted by atomic mass is 10.1. The van der Waals surface area contributed by atoms with E-state index in [9.17, 15) is 4.39 Å². The standard InChI is InChI=1S/C16H22FN5O/c1-4-18-16(20-10-15-21-12(3)23-22-15)19-8-7-13-5-6-14(17)9-11(13)2/h5-6,9H,4,7-8,10H2,1-3H3,(H2,18,19,20). The highest BCUT2D eigenvalue weighted by molar-refractivity contribution is 5.79. The van der Waals surface area contributed by atoms with Crippen molar-refractivity contribution < 1.29 is 8.91 Å². The van der Waals surface area contributed by atoms with Gasteiger partial charge >= 0.3 is 0 Å². The minimum Gasteiger partial charge on any atom is -0.357 e. The van der Waals surface area contributed by atoms with Crippen LogP contribution in [-0.2, 0) is 13.0 Å². The van der Waals surface area contributed by atoms with Crippen LogP contribution in [0.3, 0.4) is 0 Å². The fourth-order valence-corrected chi connectivity index (χ4v) is 2.15. The molecule has 0 unspecified atom stereocenters. The van der Waals surface area contributed by atoms with E-state index < -0.39 is 0 Å². The maximum atomic E-state index is 13.1. The van der Waals surface area contributed by atoms with Crippen molar-refractivity contribution in [1.29, 1.82) is 0 Å². The molecule has 2 rings (SSSR count). The van der Waals surface area contributed by atoms with Crippen LogP contribution in [0.15, 0.2) is 27.7 Å². The van der Waals surface area contributed by atoms with Crippen molar-refractivity contribution in [3.05, 3.63) is 46.9 Å². The van der Waals surface area contributed by atoms with Gasteiger partial charge in [0, 0.05) is 20.0 Å². The summed E-state index contributed by atoms with van der Waals surface area (Å²) in [6.45, 7) is 7.46. The van der Waals surface area contributed by atoms with Crippen molar-refractivity contribution >= 4 is 5.96 Å². The Kier molecular flexibility index (Phi) is 6.08. The molecule has 0 aliphatic carbocycles. The van der Waals surface area contributed by atoms with Crippen molar-refractivity contribution in [1.82, 2.24) is 20.8 Å². The van der Waals surface area contributed by atoms with Gasteiger partial charge in [-0.25, -0.2) is 9.38 Å². The Morgan fingerprint density at radius 2 is 2.13 bits per heavy atom. The van der Waals surface area contributed by atoms with Gasteiger partial charge in [0.2, 0.25) is 5.89 Å². The van der Waals surface area contributed by atoms with Crippen molar-refractivity contribution in [2.45, 2.75) is 33.7 Å². The molecule has 1 heterocycles. The predicted molar refractivity (Wildman–Crippen MR) is 86.7 cm³/mol. The summed E-state index contributed by atoms with van der Waals surface area (Å²) >= 11 is 0. The van der Waals surface area contributed by atoms with Crippen LogP contribution >= 0.6 is 0 Å². The molecule has 2 N–H and O–H groups in total. The van der Waals surface area contributed by atoms with Gasteiger partial charge in [-0.1, -0.05) is 11.2 Å². The average Bonchev–Trinajstić information content (AvgIpc) is 2.92. The van der Waals surface area contributed by atoms with Crippen LogP contribution in [0.25, 0.3) is 0 Å². The Morgan fingerprint density at radius 3 is 2.78 bits per heavy atom. The lowest BCUT2D eigenvalue weighted by Gasteiger charge is -2.12. The summed E-state index contributed by atoms with van der Waals surface area (Å²) in [6, 6.07) is 4.85. The Balaban J connectivity index is 1.88. The summed E-state index contributed by atoms with van der Waals surface area (Å²) < 4.78 is 18.0. The Labute approximate surface area is 135 Å². The first-order valence-electron chi connectivity index (χ1n) is 7.65. The largest absolute Gasteiger partial charge is 0.357 e. The topological polar surface area (TPSA) is 75.3 Å². The Hall–Kier alpha value is -2.44. The van der Waals surface area contributed by atoms with Crippen molar-refractivity contribution in [3.8, 4) is 0 Å². The summed E-state index contributed by atoms with van der Waals surface area (Å²) in [5.74, 6) is 1.56. The normalized spacial score (nSPS) is 11.6. The summed E-state index contributed by atoms with van der Waals surface area (Å²) in [4.78, 5) is 8.53. The summed E-state index contributed by atoms with van der Waals surface area (Å²) in [6.07, 6.45) is 0.790. The van der Waals surface area contributed by atoms with Gasteiger partial charge in [0.1, 0.15) is 12.4 Å². The highest BCUT2D eigenvalue weighted by Gasteiger charge is 2.04. The maximum absolute atomic E-state index is 13.1. The number of benzene rings is 1. The number of guanidine groups is 1. The number of nitrogens with one attached hydrogen (secondary N) is 2. The number of nitrogens with zero attached hydrogens (tertiary/aromatic N) is 3. The van der Waals surface area contributed by atoms with E-state index in [4.69, 9.17) is 4.52 Å². The fourth-order valence-electron chi connectivity index (χ4n) is 2.15. The minimum atomic E-state index is -0.204. The number of halogens is 1. The van der Waals surface area contributed by atoms with E-state index in [2.05, 4.69) is 25.8 Å². The third kappa shape index (κ3) is 5.36. The first-order valence-corrected chi connectivity index (χ1v) is 7.65. The van der Waals surface area contributed by atoms with Crippen LogP contribution in [0.4, 0.5) is 4.39 Å². The molecule has 0 bridgehead atoms.